The van der Waals surface area contributed by atoms with Crippen molar-refractivity contribution in [3.8, 4) is 0 Å². The highest BCUT2D eigenvalue weighted by atomic mass is 32.2. The van der Waals surface area contributed by atoms with Crippen molar-refractivity contribution in [2.75, 3.05) is 19.9 Å². The molecule has 0 bridgehead atoms. The zero-order valence-electron chi connectivity index (χ0n) is 7.97. The van der Waals surface area contributed by atoms with E-state index in [9.17, 15) is 8.42 Å². The summed E-state index contributed by atoms with van der Waals surface area (Å²) in [5.74, 6) is 0. The Morgan fingerprint density at radius 2 is 1.93 bits per heavy atom. The van der Waals surface area contributed by atoms with Crippen LogP contribution in [0.4, 0.5) is 5.69 Å². The van der Waals surface area contributed by atoms with Crippen LogP contribution in [0.15, 0.2) is 29.2 Å². The summed E-state index contributed by atoms with van der Waals surface area (Å²) in [7, 11) is -1.05. The van der Waals surface area contributed by atoms with Crippen molar-refractivity contribution < 1.29 is 13.3 Å². The number of hydrogen-bond donors (Lipinski definition) is 1. The summed E-state index contributed by atoms with van der Waals surface area (Å²) < 4.78 is 24.2. The molecule has 0 heterocycles. The van der Waals surface area contributed by atoms with Crippen LogP contribution < -0.4 is 5.73 Å². The summed E-state index contributed by atoms with van der Waals surface area (Å²) in [5, 5.41) is 0. The summed E-state index contributed by atoms with van der Waals surface area (Å²) in [6.45, 7) is 0. The SMILES string of the molecule is CON(C)S(=O)(=O)c1ccccc1N. The van der Waals surface area contributed by atoms with Gasteiger partial charge < -0.3 is 5.73 Å². The van der Waals surface area contributed by atoms with Crippen LogP contribution in [-0.2, 0) is 14.9 Å². The minimum absolute atomic E-state index is 0.0457. The molecule has 0 aromatic heterocycles. The molecule has 0 fully saturated rings. The monoisotopic (exact) mass is 216 g/mol. The molecule has 1 aromatic carbocycles. The quantitative estimate of drug-likeness (QED) is 0.588. The van der Waals surface area contributed by atoms with Crippen LogP contribution in [0.2, 0.25) is 0 Å². The molecule has 0 amide bonds. The molecular weight excluding hydrogens is 204 g/mol. The van der Waals surface area contributed by atoms with Crippen molar-refractivity contribution >= 4 is 15.7 Å². The third-order valence-corrected chi connectivity index (χ3v) is 3.55. The molecule has 14 heavy (non-hydrogen) atoms. The standard InChI is InChI=1S/C8H12N2O3S/c1-10(13-2)14(11,12)8-6-4-3-5-7(8)9/h3-6H,9H2,1-2H3. The van der Waals surface area contributed by atoms with Crippen LogP contribution in [0.1, 0.15) is 0 Å². The Morgan fingerprint density at radius 1 is 1.36 bits per heavy atom. The normalized spacial score (nSPS) is 11.9. The predicted molar refractivity (Wildman–Crippen MR) is 52.8 cm³/mol. The Bertz CT molecular complexity index is 416. The molecule has 0 atom stereocenters. The van der Waals surface area contributed by atoms with E-state index in [2.05, 4.69) is 4.84 Å². The molecule has 1 aromatic rings. The number of benzene rings is 1. The molecular formula is C8H12N2O3S. The summed E-state index contributed by atoms with van der Waals surface area (Å²) in [6.07, 6.45) is 0. The predicted octanol–water partition coefficient (Wildman–Crippen LogP) is 0.451. The number of rotatable bonds is 3. The highest BCUT2D eigenvalue weighted by Crippen LogP contribution is 2.20. The van der Waals surface area contributed by atoms with Gasteiger partial charge in [0.1, 0.15) is 4.90 Å². The summed E-state index contributed by atoms with van der Waals surface area (Å²) in [4.78, 5) is 4.66. The molecule has 0 unspecified atom stereocenters. The molecule has 6 heteroatoms. The van der Waals surface area contributed by atoms with Gasteiger partial charge in [-0.3, -0.25) is 4.84 Å². The van der Waals surface area contributed by atoms with Gasteiger partial charge in [0.15, 0.2) is 0 Å². The van der Waals surface area contributed by atoms with Crippen molar-refractivity contribution in [1.29, 1.82) is 0 Å². The van der Waals surface area contributed by atoms with Crippen LogP contribution >= 0.6 is 0 Å². The number of para-hydroxylation sites is 1. The first-order valence-electron chi connectivity index (χ1n) is 3.87. The fourth-order valence-corrected chi connectivity index (χ4v) is 2.04. The fourth-order valence-electron chi connectivity index (χ4n) is 0.952. The molecule has 0 aliphatic carbocycles. The van der Waals surface area contributed by atoms with Crippen molar-refractivity contribution in [2.24, 2.45) is 0 Å². The number of anilines is 1. The fraction of sp³-hybridized carbons (Fsp3) is 0.250. The second-order valence-corrected chi connectivity index (χ2v) is 4.54. The third kappa shape index (κ3) is 1.87. The van der Waals surface area contributed by atoms with Crippen LogP contribution in [-0.4, -0.2) is 27.0 Å². The van der Waals surface area contributed by atoms with Crippen LogP contribution in [0.5, 0.6) is 0 Å². The van der Waals surface area contributed by atoms with Gasteiger partial charge in [0, 0.05) is 7.05 Å². The van der Waals surface area contributed by atoms with Crippen molar-refractivity contribution in [3.05, 3.63) is 24.3 Å². The average molecular weight is 216 g/mol. The minimum atomic E-state index is -3.63. The zero-order valence-corrected chi connectivity index (χ0v) is 8.78. The van der Waals surface area contributed by atoms with E-state index >= 15 is 0 Å². The lowest BCUT2D eigenvalue weighted by atomic mass is 10.3. The second-order valence-electron chi connectivity index (χ2n) is 2.64. The van der Waals surface area contributed by atoms with E-state index < -0.39 is 10.0 Å². The van der Waals surface area contributed by atoms with Crippen molar-refractivity contribution in [1.82, 2.24) is 4.47 Å². The average Bonchev–Trinajstić information content (AvgIpc) is 2.17. The first-order chi connectivity index (χ1) is 6.50. The maximum atomic E-state index is 11.7. The van der Waals surface area contributed by atoms with Crippen molar-refractivity contribution in [2.45, 2.75) is 4.90 Å². The number of hydrogen-bond acceptors (Lipinski definition) is 4. The van der Waals surface area contributed by atoms with E-state index in [1.165, 1.54) is 26.3 Å². The number of nitrogen functional groups attached to an aromatic ring is 1. The first kappa shape index (κ1) is 11.0. The minimum Gasteiger partial charge on any atom is -0.398 e. The van der Waals surface area contributed by atoms with E-state index in [1.807, 2.05) is 0 Å². The maximum Gasteiger partial charge on any atom is 0.266 e. The Morgan fingerprint density at radius 3 is 2.43 bits per heavy atom. The van der Waals surface area contributed by atoms with Crippen LogP contribution in [0.3, 0.4) is 0 Å². The molecule has 0 saturated heterocycles. The van der Waals surface area contributed by atoms with E-state index in [4.69, 9.17) is 5.73 Å². The summed E-state index contributed by atoms with van der Waals surface area (Å²) in [6, 6.07) is 6.23. The van der Waals surface area contributed by atoms with E-state index in [1.54, 1.807) is 12.1 Å². The van der Waals surface area contributed by atoms with Gasteiger partial charge in [0.05, 0.1) is 12.8 Å². The van der Waals surface area contributed by atoms with Gasteiger partial charge in [-0.2, -0.15) is 0 Å². The zero-order chi connectivity index (χ0) is 10.8. The Labute approximate surface area is 83.1 Å². The number of nitrogens with zero attached hydrogens (tertiary/aromatic N) is 1. The summed E-state index contributed by atoms with van der Waals surface area (Å²) >= 11 is 0. The van der Waals surface area contributed by atoms with Crippen molar-refractivity contribution in [3.63, 3.8) is 0 Å². The highest BCUT2D eigenvalue weighted by Gasteiger charge is 2.22. The van der Waals surface area contributed by atoms with E-state index in [0.29, 0.717) is 0 Å². The Balaban J connectivity index is 3.24. The Kier molecular flexibility index (Phi) is 3.10. The maximum absolute atomic E-state index is 11.7. The van der Waals surface area contributed by atoms with E-state index in [-0.39, 0.29) is 10.6 Å². The van der Waals surface area contributed by atoms with E-state index in [0.717, 1.165) is 4.47 Å². The van der Waals surface area contributed by atoms with Gasteiger partial charge in [-0.15, -0.1) is 0 Å². The number of hydroxylamine groups is 1. The van der Waals surface area contributed by atoms with Gasteiger partial charge in [-0.25, -0.2) is 8.42 Å². The van der Waals surface area contributed by atoms with Gasteiger partial charge >= 0.3 is 0 Å². The first-order valence-corrected chi connectivity index (χ1v) is 5.31. The van der Waals surface area contributed by atoms with Gasteiger partial charge in [0.25, 0.3) is 10.0 Å². The molecule has 0 spiro atoms. The lowest BCUT2D eigenvalue weighted by Gasteiger charge is -2.15. The number of sulfonamides is 1. The van der Waals surface area contributed by atoms with Gasteiger partial charge in [0.2, 0.25) is 0 Å². The molecule has 0 aliphatic rings. The lowest BCUT2D eigenvalue weighted by Crippen LogP contribution is -2.26. The summed E-state index contributed by atoms with van der Waals surface area (Å²) in [5.41, 5.74) is 5.74. The topological polar surface area (TPSA) is 72.6 Å². The molecule has 2 N–H and O–H groups in total. The molecule has 0 saturated carbocycles. The molecule has 0 aliphatic heterocycles. The number of nitrogens with two attached hydrogens (primary N) is 1. The lowest BCUT2D eigenvalue weighted by molar-refractivity contribution is -0.0258. The molecule has 1 rings (SSSR count). The van der Waals surface area contributed by atoms with Gasteiger partial charge in [-0.1, -0.05) is 16.6 Å². The third-order valence-electron chi connectivity index (χ3n) is 1.79. The van der Waals surface area contributed by atoms with Crippen LogP contribution in [0.25, 0.3) is 0 Å². The molecule has 5 nitrogen and oxygen atoms in total. The largest absolute Gasteiger partial charge is 0.398 e. The highest BCUT2D eigenvalue weighted by molar-refractivity contribution is 7.89. The van der Waals surface area contributed by atoms with Gasteiger partial charge in [-0.05, 0) is 12.1 Å². The molecule has 0 radical (unpaired) electrons. The molecule has 78 valence electrons. The second kappa shape index (κ2) is 3.95. The Hall–Kier alpha value is -1.11. The van der Waals surface area contributed by atoms with Crippen LogP contribution in [0, 0.1) is 0 Å². The smallest absolute Gasteiger partial charge is 0.266 e.